The minimum Gasteiger partial charge on any atom is -0.413 e. The van der Waals surface area contributed by atoms with Gasteiger partial charge < -0.3 is 13.4 Å². The molecule has 1 fully saturated rings. The molecule has 0 saturated heterocycles. The van der Waals surface area contributed by atoms with E-state index in [1.54, 1.807) is 0 Å². The van der Waals surface area contributed by atoms with E-state index in [0.29, 0.717) is 12.1 Å². The lowest BCUT2D eigenvalue weighted by Gasteiger charge is -2.49. The number of allylic oxidation sites excluding steroid dienone is 1. The average Bonchev–Trinajstić information content (AvgIpc) is 2.88. The Morgan fingerprint density at radius 2 is 1.15 bits per heavy atom. The molecule has 0 spiro atoms. The van der Waals surface area contributed by atoms with E-state index in [4.69, 9.17) is 8.85 Å². The number of hydrogen-bond acceptors (Lipinski definition) is 3. The van der Waals surface area contributed by atoms with Gasteiger partial charge in [-0.3, -0.25) is 0 Å². The first-order chi connectivity index (χ1) is 18.9. The molecular weight excluding hydrogens is 556 g/mol. The first-order valence-electron chi connectivity index (χ1n) is 15.6. The summed E-state index contributed by atoms with van der Waals surface area (Å²) >= 11 is 0. The lowest BCUT2D eigenvalue weighted by Crippen LogP contribution is -2.53. The highest BCUT2D eigenvalue weighted by molar-refractivity contribution is 7.78. The molecule has 0 heterocycles. The Morgan fingerprint density at radius 3 is 1.49 bits per heavy atom. The fourth-order valence-electron chi connectivity index (χ4n) is 5.34. The second-order valence-corrected chi connectivity index (χ2v) is 27.5. The molecule has 0 amide bonds. The molecule has 0 bridgehead atoms. The minimum absolute atomic E-state index is 0.124. The normalized spacial score (nSPS) is 21.1. The van der Waals surface area contributed by atoms with Crippen molar-refractivity contribution in [2.24, 2.45) is 5.92 Å². The van der Waals surface area contributed by atoms with E-state index in [2.05, 4.69) is 80.7 Å². The highest BCUT2D eigenvalue weighted by atomic mass is 31.2. The summed E-state index contributed by atoms with van der Waals surface area (Å²) in [6.45, 7) is 25.7. The van der Waals surface area contributed by atoms with Gasteiger partial charge in [0.2, 0.25) is 0 Å². The largest absolute Gasteiger partial charge is 0.413 e. The number of benzene rings is 2. The van der Waals surface area contributed by atoms with E-state index in [1.165, 1.54) is 5.57 Å². The molecule has 1 aliphatic carbocycles. The van der Waals surface area contributed by atoms with E-state index in [1.807, 2.05) is 60.7 Å². The van der Waals surface area contributed by atoms with Crippen molar-refractivity contribution in [3.63, 3.8) is 0 Å². The van der Waals surface area contributed by atoms with Gasteiger partial charge in [-0.15, -0.1) is 0 Å². The Morgan fingerprint density at radius 1 is 0.756 bits per heavy atom. The zero-order valence-electron chi connectivity index (χ0n) is 27.8. The first-order valence-corrected chi connectivity index (χ1v) is 23.4. The third-order valence-electron chi connectivity index (χ3n) is 9.99. The van der Waals surface area contributed by atoms with Crippen LogP contribution in [0.25, 0.3) is 0 Å². The molecule has 2 aromatic carbocycles. The highest BCUT2D eigenvalue weighted by Gasteiger charge is 2.47. The van der Waals surface area contributed by atoms with Crippen LogP contribution in [-0.4, -0.2) is 35.0 Å². The van der Waals surface area contributed by atoms with E-state index in [0.717, 1.165) is 36.3 Å². The molecule has 2 aromatic rings. The van der Waals surface area contributed by atoms with Crippen molar-refractivity contribution in [1.82, 2.24) is 0 Å². The molecule has 3 rings (SSSR count). The maximum absolute atomic E-state index is 14.8. The maximum Gasteiger partial charge on any atom is 0.192 e. The molecule has 0 aliphatic heterocycles. The van der Waals surface area contributed by atoms with Gasteiger partial charge in [0.25, 0.3) is 0 Å². The van der Waals surface area contributed by atoms with Crippen LogP contribution in [0.5, 0.6) is 0 Å². The third kappa shape index (κ3) is 8.23. The lowest BCUT2D eigenvalue weighted by atomic mass is 9.79. The zero-order valence-corrected chi connectivity index (χ0v) is 30.7. The van der Waals surface area contributed by atoms with E-state index >= 15 is 0 Å². The number of rotatable bonds is 10. The predicted octanol–water partition coefficient (Wildman–Crippen LogP) is 9.92. The smallest absolute Gasteiger partial charge is 0.192 e. The molecule has 6 heteroatoms. The average molecular weight is 613 g/mol. The fourth-order valence-corrected chi connectivity index (χ4v) is 10.6. The van der Waals surface area contributed by atoms with Gasteiger partial charge in [0.1, 0.15) is 7.14 Å². The van der Waals surface area contributed by atoms with Crippen LogP contribution in [0.2, 0.25) is 36.3 Å². The summed E-state index contributed by atoms with van der Waals surface area (Å²) in [5.74, 6) is 0.371. The topological polar surface area (TPSA) is 35.5 Å². The SMILES string of the molecule is CCCC1[C@H](O[Si](C)(C)C(C)(C)C)CC(=CCP(=O)(c2ccccc2)c2ccccc2)C[C@H]1O[Si](C)(C)C(C)(C)C. The summed E-state index contributed by atoms with van der Waals surface area (Å²) in [6.07, 6.45) is 7.10. The summed E-state index contributed by atoms with van der Waals surface area (Å²) < 4.78 is 29.3. The van der Waals surface area contributed by atoms with Gasteiger partial charge >= 0.3 is 0 Å². The quantitative estimate of drug-likeness (QED) is 0.152. The second-order valence-electron chi connectivity index (χ2n) is 15.1. The molecular formula is C35H57O3PSi2. The van der Waals surface area contributed by atoms with Crippen molar-refractivity contribution >= 4 is 34.4 Å². The minimum atomic E-state index is -2.83. The Balaban J connectivity index is 2.05. The molecule has 1 aliphatic rings. The standard InChI is InChI=1S/C35H57O3PSi2/c1-12-19-31-32(37-40(8,9)34(2,3)4)26-28(27-33(31)38-41(10,11)35(5,6)7)24-25-39(36,29-20-15-13-16-21-29)30-22-17-14-18-23-30/h13-18,20-24,31-33H,12,19,25-27H2,1-11H3/t31?,32-,33-/m1/s1. The zero-order chi connectivity index (χ0) is 30.7. The molecule has 3 nitrogen and oxygen atoms in total. The molecule has 2 atom stereocenters. The van der Waals surface area contributed by atoms with Crippen LogP contribution in [0.1, 0.15) is 74.1 Å². The maximum atomic E-state index is 14.8. The van der Waals surface area contributed by atoms with Gasteiger partial charge in [0.15, 0.2) is 16.6 Å². The molecule has 1 saturated carbocycles. The second kappa shape index (κ2) is 13.2. The van der Waals surface area contributed by atoms with Crippen LogP contribution in [0.4, 0.5) is 0 Å². The van der Waals surface area contributed by atoms with Crippen molar-refractivity contribution in [3.05, 3.63) is 72.3 Å². The molecule has 228 valence electrons. The summed E-state index contributed by atoms with van der Waals surface area (Å²) in [5.41, 5.74) is 1.34. The van der Waals surface area contributed by atoms with Gasteiger partial charge in [0, 0.05) is 22.7 Å². The fraction of sp³-hybridized carbons (Fsp3) is 0.600. The molecule has 0 aromatic heterocycles. The molecule has 41 heavy (non-hydrogen) atoms. The van der Waals surface area contributed by atoms with Gasteiger partial charge in [-0.1, -0.05) is 127 Å². The summed E-state index contributed by atoms with van der Waals surface area (Å²) in [4.78, 5) is 0. The van der Waals surface area contributed by atoms with Crippen molar-refractivity contribution in [2.45, 2.75) is 123 Å². The predicted molar refractivity (Wildman–Crippen MR) is 184 cm³/mol. The van der Waals surface area contributed by atoms with E-state index in [9.17, 15) is 4.57 Å². The van der Waals surface area contributed by atoms with Gasteiger partial charge in [-0.05, 0) is 55.5 Å². The van der Waals surface area contributed by atoms with Crippen LogP contribution in [0.15, 0.2) is 72.3 Å². The van der Waals surface area contributed by atoms with E-state index < -0.39 is 23.8 Å². The Kier molecular flexibility index (Phi) is 11.0. The Bertz CT molecular complexity index is 1110. The van der Waals surface area contributed by atoms with Crippen LogP contribution in [0.3, 0.4) is 0 Å². The number of hydrogen-bond donors (Lipinski definition) is 0. The van der Waals surface area contributed by atoms with E-state index in [-0.39, 0.29) is 22.3 Å². The van der Waals surface area contributed by atoms with Crippen molar-refractivity contribution < 1.29 is 13.4 Å². The molecule has 0 N–H and O–H groups in total. The van der Waals surface area contributed by atoms with Crippen LogP contribution < -0.4 is 10.6 Å². The summed E-state index contributed by atoms with van der Waals surface area (Å²) in [7, 11) is -6.85. The van der Waals surface area contributed by atoms with Crippen molar-refractivity contribution in [1.29, 1.82) is 0 Å². The van der Waals surface area contributed by atoms with Crippen LogP contribution in [-0.2, 0) is 13.4 Å². The van der Waals surface area contributed by atoms with Crippen molar-refractivity contribution in [2.75, 3.05) is 6.16 Å². The third-order valence-corrected chi connectivity index (χ3v) is 22.0. The molecule has 0 unspecified atom stereocenters. The van der Waals surface area contributed by atoms with Gasteiger partial charge in [-0.25, -0.2) is 0 Å². The Hall–Kier alpha value is -1.24. The van der Waals surface area contributed by atoms with Gasteiger partial charge in [-0.2, -0.15) is 0 Å². The monoisotopic (exact) mass is 612 g/mol. The van der Waals surface area contributed by atoms with Crippen LogP contribution in [0, 0.1) is 5.92 Å². The highest BCUT2D eigenvalue weighted by Crippen LogP contribution is 2.48. The van der Waals surface area contributed by atoms with Crippen LogP contribution >= 0.6 is 7.14 Å². The van der Waals surface area contributed by atoms with Crippen molar-refractivity contribution in [3.8, 4) is 0 Å². The summed E-state index contributed by atoms with van der Waals surface area (Å²) in [6, 6.07) is 20.1. The molecule has 0 radical (unpaired) electrons. The summed E-state index contributed by atoms with van der Waals surface area (Å²) in [5, 5.41) is 2.12. The lowest BCUT2D eigenvalue weighted by molar-refractivity contribution is 0.00298. The Labute approximate surface area is 254 Å². The first kappa shape index (κ1) is 34.3. The van der Waals surface area contributed by atoms with Gasteiger partial charge in [0.05, 0.1) is 12.2 Å².